The van der Waals surface area contributed by atoms with Gasteiger partial charge in [0.05, 0.1) is 0 Å². The van der Waals surface area contributed by atoms with Crippen molar-refractivity contribution in [1.29, 1.82) is 0 Å². The summed E-state index contributed by atoms with van der Waals surface area (Å²) < 4.78 is 40.6. The van der Waals surface area contributed by atoms with Gasteiger partial charge >= 0.3 is 0 Å². The van der Waals surface area contributed by atoms with Gasteiger partial charge in [0.2, 0.25) is 6.69 Å². The predicted octanol–water partition coefficient (Wildman–Crippen LogP) is 2.17. The van der Waals surface area contributed by atoms with Crippen LogP contribution in [-0.4, -0.2) is 6.69 Å². The first kappa shape index (κ1) is 1.14. The van der Waals surface area contributed by atoms with Crippen LogP contribution >= 0.6 is 22.2 Å². The Hall–Kier alpha value is 0.797. The fourth-order valence-corrected chi connectivity index (χ4v) is 0. The van der Waals surface area contributed by atoms with Crippen LogP contribution in [0.15, 0.2) is 0 Å². The molecule has 0 rings (SSSR count). The summed E-state index contributed by atoms with van der Waals surface area (Å²) in [5, 5.41) is 0. The Bertz CT molecular complexity index is 130. The van der Waals surface area contributed by atoms with Gasteiger partial charge in [-0.1, -0.05) is 0 Å². The Morgan fingerprint density at radius 2 is 2.00 bits per heavy atom. The van der Waals surface area contributed by atoms with Gasteiger partial charge in [-0.25, -0.2) is 0 Å². The summed E-state index contributed by atoms with van der Waals surface area (Å²) in [6, 6.07) is 0. The summed E-state index contributed by atoms with van der Waals surface area (Å²) in [6.07, 6.45) is 0. The van der Waals surface area contributed by atoms with Crippen LogP contribution < -0.4 is 0 Å². The van der Waals surface area contributed by atoms with Gasteiger partial charge in [0, 0.05) is 8.22 Å². The maximum absolute atomic E-state index is 6.76. The van der Waals surface area contributed by atoms with Crippen LogP contribution in [-0.2, 0) is 0 Å². The van der Waals surface area contributed by atoms with Gasteiger partial charge < -0.3 is 0 Å². The molecule has 0 aromatic rings. The summed E-state index contributed by atoms with van der Waals surface area (Å²) in [5.74, 6) is 0. The zero-order valence-electron chi connectivity index (χ0n) is 8.26. The predicted molar refractivity (Wildman–Crippen MR) is 29.2 cm³/mol. The molecule has 0 unspecified atom stereocenters. The second-order valence-corrected chi connectivity index (χ2v) is 5.71. The molecule has 0 saturated heterocycles. The lowest BCUT2D eigenvalue weighted by atomic mass is 11.9. The van der Waals surface area contributed by atoms with E-state index in [9.17, 15) is 0 Å². The molecule has 32 valence electrons. The SMILES string of the molecule is [2H]C([2H])([2H])[Si](Cl)(Cl)C([2H])([2H])[2H]. The monoisotopic (exact) mass is 134 g/mol. The van der Waals surface area contributed by atoms with Crippen LogP contribution in [0.3, 0.4) is 0 Å². The molecule has 0 heterocycles. The number of rotatable bonds is 0. The quantitative estimate of drug-likeness (QED) is 0.352. The third kappa shape index (κ3) is 59.1. The highest BCUT2D eigenvalue weighted by Gasteiger charge is 2.08. The van der Waals surface area contributed by atoms with Crippen LogP contribution in [0.5, 0.6) is 0 Å². The van der Waals surface area contributed by atoms with Gasteiger partial charge in [-0.2, -0.15) is 0 Å². The third-order valence-electron chi connectivity index (χ3n) is 0. The van der Waals surface area contributed by atoms with Crippen molar-refractivity contribution in [3.63, 3.8) is 0 Å². The van der Waals surface area contributed by atoms with Crippen molar-refractivity contribution in [2.45, 2.75) is 13.0 Å². The zero-order valence-corrected chi connectivity index (χ0v) is 4.77. The van der Waals surface area contributed by atoms with Crippen molar-refractivity contribution in [3.8, 4) is 0 Å². The highest BCUT2D eigenvalue weighted by Crippen LogP contribution is 2.10. The van der Waals surface area contributed by atoms with Gasteiger partial charge in [0.1, 0.15) is 0 Å². The van der Waals surface area contributed by atoms with Gasteiger partial charge in [0.25, 0.3) is 0 Å². The van der Waals surface area contributed by atoms with Crippen molar-refractivity contribution < 1.29 is 8.22 Å². The molecule has 0 aromatic heterocycles. The van der Waals surface area contributed by atoms with E-state index in [2.05, 4.69) is 0 Å². The number of hydrogen-bond acceptors (Lipinski definition) is 0. The lowest BCUT2D eigenvalue weighted by molar-refractivity contribution is 2.06. The number of hydrogen-bond donors (Lipinski definition) is 0. The average molecular weight is 135 g/mol. The Morgan fingerprint density at radius 1 is 1.60 bits per heavy atom. The van der Waals surface area contributed by atoms with E-state index in [4.69, 9.17) is 30.4 Å². The third-order valence-corrected chi connectivity index (χ3v) is 0. The molecule has 0 amide bonds. The number of halogens is 2. The molecule has 0 aliphatic carbocycles. The lowest BCUT2D eigenvalue weighted by Crippen LogP contribution is -2.02. The van der Waals surface area contributed by atoms with Crippen LogP contribution in [0.4, 0.5) is 0 Å². The molecule has 3 heteroatoms. The van der Waals surface area contributed by atoms with Crippen LogP contribution in [0.2, 0.25) is 13.0 Å². The smallest absolute Gasteiger partial charge is 0.146 e. The van der Waals surface area contributed by atoms with E-state index in [1.165, 1.54) is 0 Å². The molecule has 0 aliphatic heterocycles. The van der Waals surface area contributed by atoms with E-state index in [0.717, 1.165) is 0 Å². The first-order valence-electron chi connectivity index (χ1n) is 3.88. The summed E-state index contributed by atoms with van der Waals surface area (Å²) in [7, 11) is 0. The molecule has 0 radical (unpaired) electrons. The van der Waals surface area contributed by atoms with Gasteiger partial charge in [-0.3, -0.25) is 0 Å². The maximum atomic E-state index is 6.76. The van der Waals surface area contributed by atoms with E-state index < -0.39 is 19.6 Å². The lowest BCUT2D eigenvalue weighted by Gasteiger charge is -1.93. The van der Waals surface area contributed by atoms with E-state index in [-0.39, 0.29) is 0 Å². The Kier molecular flexibility index (Phi) is 0.343. The maximum Gasteiger partial charge on any atom is 0.245 e. The normalized spacial score (nSPS) is 34.8. The molecule has 0 N–H and O–H groups in total. The zero-order chi connectivity index (χ0) is 9.50. The summed E-state index contributed by atoms with van der Waals surface area (Å²) in [4.78, 5) is 0. The molecule has 0 bridgehead atoms. The Labute approximate surface area is 50.9 Å². The van der Waals surface area contributed by atoms with Crippen LogP contribution in [0.25, 0.3) is 0 Å². The molecule has 0 saturated carbocycles. The van der Waals surface area contributed by atoms with Crippen molar-refractivity contribution in [2.24, 2.45) is 0 Å². The molecule has 0 fully saturated rings. The van der Waals surface area contributed by atoms with E-state index in [0.29, 0.717) is 0 Å². The fourth-order valence-electron chi connectivity index (χ4n) is 0. The van der Waals surface area contributed by atoms with Crippen molar-refractivity contribution in [1.82, 2.24) is 0 Å². The van der Waals surface area contributed by atoms with Crippen molar-refractivity contribution in [3.05, 3.63) is 0 Å². The topological polar surface area (TPSA) is 0 Å². The van der Waals surface area contributed by atoms with Gasteiger partial charge in [0.15, 0.2) is 0 Å². The summed E-state index contributed by atoms with van der Waals surface area (Å²) >= 11 is 10.5. The van der Waals surface area contributed by atoms with Crippen LogP contribution in [0.1, 0.15) is 8.22 Å². The Morgan fingerprint density at radius 3 is 2.00 bits per heavy atom. The molecule has 0 spiro atoms. The summed E-state index contributed by atoms with van der Waals surface area (Å²) in [6.45, 7) is -9.69. The second kappa shape index (κ2) is 1.50. The molecule has 0 aliphatic rings. The van der Waals surface area contributed by atoms with Crippen molar-refractivity contribution >= 4 is 28.9 Å². The van der Waals surface area contributed by atoms with Gasteiger partial charge in [-0.05, 0) is 13.0 Å². The van der Waals surface area contributed by atoms with E-state index in [1.807, 2.05) is 0 Å². The highest BCUT2D eigenvalue weighted by molar-refractivity contribution is 7.44. The molecule has 0 aromatic carbocycles. The first-order chi connectivity index (χ1) is 4.50. The average Bonchev–Trinajstić information content (AvgIpc) is 1.58. The molecule has 0 nitrogen and oxygen atoms in total. The highest BCUT2D eigenvalue weighted by atomic mass is 35.7. The van der Waals surface area contributed by atoms with Crippen LogP contribution in [0, 0.1) is 0 Å². The second-order valence-electron chi connectivity index (χ2n) is 0.574. The minimum atomic E-state index is -4.16. The fraction of sp³-hybridized carbons (Fsp3) is 1.00. The molecular weight excluding hydrogens is 123 g/mol. The molecule has 0 atom stereocenters. The minimum absolute atomic E-state index is 2.76. The molecule has 5 heavy (non-hydrogen) atoms. The standard InChI is InChI=1S/C2H6Cl2Si/c1-5(2,3)4/h1-2H3/i1D3,2D3. The largest absolute Gasteiger partial charge is 0.245 e. The van der Waals surface area contributed by atoms with E-state index >= 15 is 0 Å². The van der Waals surface area contributed by atoms with Gasteiger partial charge in [-0.15, -0.1) is 22.2 Å². The first-order valence-corrected chi connectivity index (χ1v) is 4.90. The Balaban J connectivity index is 4.75. The molecular formula is C2H6Cl2Si. The van der Waals surface area contributed by atoms with E-state index in [1.54, 1.807) is 0 Å². The minimum Gasteiger partial charge on any atom is -0.146 e. The van der Waals surface area contributed by atoms with Crippen molar-refractivity contribution in [2.75, 3.05) is 0 Å². The summed E-state index contributed by atoms with van der Waals surface area (Å²) in [5.41, 5.74) is 0.